The molecule has 0 spiro atoms. The van der Waals surface area contributed by atoms with Gasteiger partial charge in [-0.15, -0.1) is 0 Å². The van der Waals surface area contributed by atoms with Gasteiger partial charge in [-0.3, -0.25) is 4.79 Å². The average Bonchev–Trinajstić information content (AvgIpc) is 2.80. The van der Waals surface area contributed by atoms with E-state index in [-0.39, 0.29) is 12.2 Å². The number of ketones is 1. The van der Waals surface area contributed by atoms with Crippen LogP contribution in [0.1, 0.15) is 39.7 Å². The van der Waals surface area contributed by atoms with Gasteiger partial charge < -0.3 is 0 Å². The van der Waals surface area contributed by atoms with Crippen LogP contribution in [0.5, 0.6) is 0 Å². The minimum absolute atomic E-state index is 0.0656. The molecule has 0 saturated carbocycles. The molecule has 0 N–H and O–H groups in total. The molecule has 5 heteroatoms. The third kappa shape index (κ3) is 4.66. The highest BCUT2D eigenvalue weighted by Gasteiger charge is 2.31. The molecular weight excluding hydrogens is 461 g/mol. The first-order valence-electron chi connectivity index (χ1n) is 10.1. The number of fused-ring (bicyclic) bond motifs is 1. The van der Waals surface area contributed by atoms with E-state index in [9.17, 15) is 10.1 Å². The maximum absolute atomic E-state index is 13.4. The van der Waals surface area contributed by atoms with Crippen LogP contribution in [0.25, 0.3) is 10.8 Å². The van der Waals surface area contributed by atoms with E-state index in [0.717, 1.165) is 16.3 Å². The van der Waals surface area contributed by atoms with Crippen molar-refractivity contribution in [1.82, 2.24) is 0 Å². The van der Waals surface area contributed by atoms with E-state index in [1.165, 1.54) is 0 Å². The number of nitrogens with zero attached hydrogens (tertiary/aromatic N) is 1. The van der Waals surface area contributed by atoms with Crippen molar-refractivity contribution >= 4 is 51.4 Å². The number of nitriles is 1. The minimum Gasteiger partial charge on any atom is -0.294 e. The van der Waals surface area contributed by atoms with Gasteiger partial charge in [0.05, 0.1) is 12.0 Å². The maximum Gasteiger partial charge on any atom is 0.163 e. The zero-order valence-corrected chi connectivity index (χ0v) is 19.2. The molecule has 4 aromatic rings. The quantitative estimate of drug-likeness (QED) is 0.261. The van der Waals surface area contributed by atoms with Gasteiger partial charge in [0.1, 0.15) is 0 Å². The minimum atomic E-state index is -0.723. The van der Waals surface area contributed by atoms with Crippen LogP contribution in [-0.4, -0.2) is 5.78 Å². The average molecular weight is 479 g/mol. The summed E-state index contributed by atoms with van der Waals surface area (Å²) in [5.41, 5.74) is 1.90. The van der Waals surface area contributed by atoms with Gasteiger partial charge in [0.15, 0.2) is 5.78 Å². The second kappa shape index (κ2) is 9.76. The topological polar surface area (TPSA) is 40.9 Å². The summed E-state index contributed by atoms with van der Waals surface area (Å²) in [5, 5.41) is 13.5. The summed E-state index contributed by atoms with van der Waals surface area (Å²) in [7, 11) is 0. The lowest BCUT2D eigenvalue weighted by Crippen LogP contribution is -2.16. The Bertz CT molecular complexity index is 1320. The van der Waals surface area contributed by atoms with Crippen molar-refractivity contribution in [3.05, 3.63) is 117 Å². The Morgan fingerprint density at radius 3 is 2.19 bits per heavy atom. The third-order valence-corrected chi connectivity index (χ3v) is 6.50. The maximum atomic E-state index is 13.4. The summed E-state index contributed by atoms with van der Waals surface area (Å²) in [4.78, 5) is 13.4. The SMILES string of the molecule is N#C[C@H](c1c(Cl)cccc1Cl)[C@H](CC(=O)c1ccc2ccccc2c1)c1cccc(Cl)c1. The molecule has 0 unspecified atom stereocenters. The van der Waals surface area contributed by atoms with Crippen molar-refractivity contribution in [2.45, 2.75) is 18.3 Å². The normalized spacial score (nSPS) is 12.8. The van der Waals surface area contributed by atoms with Crippen LogP contribution in [0.15, 0.2) is 84.9 Å². The van der Waals surface area contributed by atoms with E-state index in [1.54, 1.807) is 30.3 Å². The molecule has 32 heavy (non-hydrogen) atoms. The molecule has 2 atom stereocenters. The number of hydrogen-bond acceptors (Lipinski definition) is 2. The van der Waals surface area contributed by atoms with Gasteiger partial charge >= 0.3 is 0 Å². The van der Waals surface area contributed by atoms with Crippen LogP contribution >= 0.6 is 34.8 Å². The first-order valence-corrected chi connectivity index (χ1v) is 11.2. The van der Waals surface area contributed by atoms with E-state index < -0.39 is 11.8 Å². The van der Waals surface area contributed by atoms with E-state index >= 15 is 0 Å². The third-order valence-electron chi connectivity index (χ3n) is 5.61. The molecule has 0 aromatic heterocycles. The first kappa shape index (κ1) is 22.4. The van der Waals surface area contributed by atoms with Crippen molar-refractivity contribution in [3.8, 4) is 6.07 Å². The van der Waals surface area contributed by atoms with Crippen LogP contribution in [0, 0.1) is 11.3 Å². The number of hydrogen-bond donors (Lipinski definition) is 0. The predicted molar refractivity (Wildman–Crippen MR) is 132 cm³/mol. The summed E-state index contributed by atoms with van der Waals surface area (Å²) in [6.07, 6.45) is 0.110. The van der Waals surface area contributed by atoms with Crippen LogP contribution in [-0.2, 0) is 0 Å². The molecule has 0 amide bonds. The second-order valence-electron chi connectivity index (χ2n) is 7.59. The van der Waals surface area contributed by atoms with Gasteiger partial charge in [-0.25, -0.2) is 0 Å². The Morgan fingerprint density at radius 1 is 0.812 bits per heavy atom. The number of benzene rings is 4. The molecule has 4 rings (SSSR count). The molecule has 0 radical (unpaired) electrons. The molecule has 158 valence electrons. The predicted octanol–water partition coefficient (Wildman–Crippen LogP) is 8.46. The number of halogens is 3. The molecule has 0 heterocycles. The second-order valence-corrected chi connectivity index (χ2v) is 8.84. The fraction of sp³-hybridized carbons (Fsp3) is 0.111. The molecule has 0 aliphatic heterocycles. The number of Topliss-reactive ketones (excluding diaryl/α,β-unsaturated/α-hetero) is 1. The standard InChI is InChI=1S/C27H18Cl3NO/c28-21-8-3-7-19(14-21)22(23(16-31)27-24(29)9-4-10-25(27)30)15-26(32)20-12-11-17-5-1-2-6-18(17)13-20/h1-14,22-23H,15H2/t22-,23+/m1/s1. The summed E-state index contributed by atoms with van der Waals surface area (Å²) >= 11 is 19.1. The van der Waals surface area contributed by atoms with Crippen molar-refractivity contribution < 1.29 is 4.79 Å². The molecule has 0 aliphatic carbocycles. The van der Waals surface area contributed by atoms with Crippen molar-refractivity contribution in [2.75, 3.05) is 0 Å². The zero-order chi connectivity index (χ0) is 22.7. The Morgan fingerprint density at radius 2 is 1.50 bits per heavy atom. The molecule has 0 fully saturated rings. The lowest BCUT2D eigenvalue weighted by atomic mass is 9.78. The van der Waals surface area contributed by atoms with Crippen molar-refractivity contribution in [1.29, 1.82) is 5.26 Å². The molecular formula is C27H18Cl3NO. The summed E-state index contributed by atoms with van der Waals surface area (Å²) in [5.74, 6) is -1.27. The van der Waals surface area contributed by atoms with Gasteiger partial charge in [-0.05, 0) is 46.7 Å². The highest BCUT2D eigenvalue weighted by molar-refractivity contribution is 6.36. The lowest BCUT2D eigenvalue weighted by Gasteiger charge is -2.24. The molecule has 0 saturated heterocycles. The van der Waals surface area contributed by atoms with Gasteiger partial charge in [0.25, 0.3) is 0 Å². The fourth-order valence-electron chi connectivity index (χ4n) is 4.01. The van der Waals surface area contributed by atoms with E-state index in [0.29, 0.717) is 26.2 Å². The molecule has 4 aromatic carbocycles. The lowest BCUT2D eigenvalue weighted by molar-refractivity contribution is 0.0972. The smallest absolute Gasteiger partial charge is 0.163 e. The van der Waals surface area contributed by atoms with Crippen LogP contribution in [0.3, 0.4) is 0 Å². The number of carbonyl (C=O) groups is 1. The van der Waals surface area contributed by atoms with Gasteiger partial charge in [0, 0.05) is 38.5 Å². The van der Waals surface area contributed by atoms with E-state index in [2.05, 4.69) is 6.07 Å². The largest absolute Gasteiger partial charge is 0.294 e. The Hall–Kier alpha value is -2.83. The van der Waals surface area contributed by atoms with Gasteiger partial charge in [0.2, 0.25) is 0 Å². The van der Waals surface area contributed by atoms with Crippen molar-refractivity contribution in [2.24, 2.45) is 0 Å². The molecule has 0 aliphatic rings. The number of rotatable bonds is 6. The van der Waals surface area contributed by atoms with Gasteiger partial charge in [-0.2, -0.15) is 5.26 Å². The highest BCUT2D eigenvalue weighted by atomic mass is 35.5. The summed E-state index contributed by atoms with van der Waals surface area (Å²) < 4.78 is 0. The summed E-state index contributed by atoms with van der Waals surface area (Å²) in [6, 6.07) is 28.2. The van der Waals surface area contributed by atoms with Gasteiger partial charge in [-0.1, -0.05) is 89.4 Å². The highest BCUT2D eigenvalue weighted by Crippen LogP contribution is 2.42. The fourth-order valence-corrected chi connectivity index (χ4v) is 4.84. The molecule has 2 nitrogen and oxygen atoms in total. The van der Waals surface area contributed by atoms with E-state index in [1.807, 2.05) is 54.6 Å². The number of carbonyl (C=O) groups excluding carboxylic acids is 1. The van der Waals surface area contributed by atoms with Crippen LogP contribution in [0.4, 0.5) is 0 Å². The first-order chi connectivity index (χ1) is 15.5. The van der Waals surface area contributed by atoms with Crippen molar-refractivity contribution in [3.63, 3.8) is 0 Å². The van der Waals surface area contributed by atoms with E-state index in [4.69, 9.17) is 34.8 Å². The Balaban J connectivity index is 1.77. The molecule has 0 bridgehead atoms. The van der Waals surface area contributed by atoms with Crippen LogP contribution in [0.2, 0.25) is 15.1 Å². The van der Waals surface area contributed by atoms with Crippen LogP contribution < -0.4 is 0 Å². The Kier molecular flexibility index (Phi) is 6.82. The monoisotopic (exact) mass is 477 g/mol. The zero-order valence-electron chi connectivity index (χ0n) is 16.9. The summed E-state index contributed by atoms with van der Waals surface area (Å²) in [6.45, 7) is 0. The Labute approximate surface area is 202 Å².